The third-order valence-electron chi connectivity index (χ3n) is 11.4. The summed E-state index contributed by atoms with van der Waals surface area (Å²) in [6, 6.07) is 51.6. The molecule has 2 fully saturated rings. The van der Waals surface area contributed by atoms with Gasteiger partial charge in [0.05, 0.1) is 11.0 Å². The van der Waals surface area contributed by atoms with Gasteiger partial charge in [-0.2, -0.15) is 0 Å². The highest BCUT2D eigenvalue weighted by Crippen LogP contribution is 2.51. The lowest BCUT2D eigenvalue weighted by atomic mass is 9.57. The van der Waals surface area contributed by atoms with Crippen LogP contribution in [0.3, 0.4) is 0 Å². The van der Waals surface area contributed by atoms with Gasteiger partial charge in [-0.25, -0.2) is 0 Å². The zero-order valence-electron chi connectivity index (χ0n) is 27.4. The lowest BCUT2D eigenvalue weighted by molar-refractivity contribution is 0.0899. The van der Waals surface area contributed by atoms with Crippen LogP contribution < -0.4 is 4.90 Å². The van der Waals surface area contributed by atoms with E-state index < -0.39 is 0 Å². The van der Waals surface area contributed by atoms with Crippen molar-refractivity contribution in [1.29, 1.82) is 0 Å². The summed E-state index contributed by atoms with van der Waals surface area (Å²) >= 11 is 0. The predicted molar refractivity (Wildman–Crippen MR) is 200 cm³/mol. The molecule has 2 heteroatoms. The van der Waals surface area contributed by atoms with Crippen LogP contribution in [0, 0.1) is 17.8 Å². The minimum absolute atomic E-state index is 0.267. The number of nitrogens with zero attached hydrogens (tertiary/aromatic N) is 2. The molecule has 6 aromatic carbocycles. The number of para-hydroxylation sites is 3. The molecule has 2 saturated carbocycles. The van der Waals surface area contributed by atoms with Gasteiger partial charge in [0.25, 0.3) is 0 Å². The number of anilines is 3. The first-order valence-corrected chi connectivity index (χ1v) is 17.5. The molecule has 7 aromatic rings. The van der Waals surface area contributed by atoms with Crippen LogP contribution in [0.5, 0.6) is 0 Å². The van der Waals surface area contributed by atoms with E-state index in [0.29, 0.717) is 0 Å². The van der Waals surface area contributed by atoms with Crippen molar-refractivity contribution < 1.29 is 0 Å². The molecular weight excluding hydrogens is 569 g/mol. The van der Waals surface area contributed by atoms with E-state index >= 15 is 0 Å². The first kappa shape index (κ1) is 28.4. The van der Waals surface area contributed by atoms with Gasteiger partial charge in [0.1, 0.15) is 0 Å². The van der Waals surface area contributed by atoms with Crippen LogP contribution in [-0.4, -0.2) is 4.57 Å². The summed E-state index contributed by atoms with van der Waals surface area (Å²) < 4.78 is 2.44. The molecule has 47 heavy (non-hydrogen) atoms. The van der Waals surface area contributed by atoms with Gasteiger partial charge in [0, 0.05) is 38.9 Å². The molecular formula is C45H42N2. The molecule has 0 spiro atoms. The first-order chi connectivity index (χ1) is 23.0. The number of benzene rings is 6. The van der Waals surface area contributed by atoms with Gasteiger partial charge in [-0.05, 0) is 121 Å². The second-order valence-corrected chi connectivity index (χ2v) is 14.8. The highest BCUT2D eigenvalue weighted by Gasteiger charge is 2.41. The molecule has 1 heterocycles. The highest BCUT2D eigenvalue weighted by atomic mass is 15.1. The summed E-state index contributed by atoms with van der Waals surface area (Å²) in [5.41, 5.74) is 8.98. The zero-order chi connectivity index (χ0) is 31.5. The van der Waals surface area contributed by atoms with Crippen molar-refractivity contribution in [3.63, 3.8) is 0 Å². The summed E-state index contributed by atoms with van der Waals surface area (Å²) in [5.74, 6) is 2.65. The summed E-state index contributed by atoms with van der Waals surface area (Å²) in [5, 5.41) is 5.07. The van der Waals surface area contributed by atoms with E-state index in [1.54, 1.807) is 0 Å². The topological polar surface area (TPSA) is 8.17 Å². The molecule has 2 aliphatic carbocycles. The van der Waals surface area contributed by atoms with Crippen molar-refractivity contribution in [2.75, 3.05) is 4.90 Å². The fourth-order valence-electron chi connectivity index (χ4n) is 9.61. The maximum atomic E-state index is 2.53. The Morgan fingerprint density at radius 3 is 1.94 bits per heavy atom. The van der Waals surface area contributed by atoms with E-state index in [1.807, 2.05) is 0 Å². The Labute approximate surface area is 278 Å². The molecule has 2 nitrogen and oxygen atoms in total. The van der Waals surface area contributed by atoms with Gasteiger partial charge in [-0.3, -0.25) is 0 Å². The van der Waals surface area contributed by atoms with Gasteiger partial charge in [-0.15, -0.1) is 0 Å². The summed E-state index contributed by atoms with van der Waals surface area (Å²) in [6.07, 6.45) is 6.91. The summed E-state index contributed by atoms with van der Waals surface area (Å²) in [4.78, 5) is 2.43. The molecule has 0 radical (unpaired) electrons. The Bertz CT molecular complexity index is 2190. The Hall–Kier alpha value is -4.82. The average Bonchev–Trinajstić information content (AvgIpc) is 3.44. The lowest BCUT2D eigenvalue weighted by Gasteiger charge is -2.47. The third-order valence-corrected chi connectivity index (χ3v) is 11.4. The SMILES string of the molecule is CC1CC2CC(C1)CC(C)(c1ccc(N(c3ccccc3)c3ccc4ccc5c6ccccc6n(-c6ccccc6)c5c4c3)cc1)C2. The van der Waals surface area contributed by atoms with E-state index in [-0.39, 0.29) is 5.41 Å². The Morgan fingerprint density at radius 1 is 0.574 bits per heavy atom. The Kier molecular flexibility index (Phi) is 6.75. The molecule has 0 amide bonds. The minimum Gasteiger partial charge on any atom is -0.310 e. The fourth-order valence-corrected chi connectivity index (χ4v) is 9.61. The average molecular weight is 611 g/mol. The van der Waals surface area contributed by atoms with Crippen LogP contribution in [-0.2, 0) is 5.41 Å². The van der Waals surface area contributed by atoms with E-state index in [2.05, 4.69) is 163 Å². The second kappa shape index (κ2) is 11.2. The first-order valence-electron chi connectivity index (χ1n) is 17.5. The van der Waals surface area contributed by atoms with Crippen molar-refractivity contribution in [2.45, 2.75) is 51.4 Å². The molecule has 2 bridgehead atoms. The second-order valence-electron chi connectivity index (χ2n) is 14.8. The number of aromatic nitrogens is 1. The Morgan fingerprint density at radius 2 is 1.19 bits per heavy atom. The van der Waals surface area contributed by atoms with Crippen molar-refractivity contribution in [3.05, 3.63) is 145 Å². The molecule has 232 valence electrons. The number of hydrogen-bond donors (Lipinski definition) is 0. The van der Waals surface area contributed by atoms with Crippen LogP contribution in [0.25, 0.3) is 38.3 Å². The molecule has 2 unspecified atom stereocenters. The van der Waals surface area contributed by atoms with E-state index in [1.165, 1.54) is 93.0 Å². The molecule has 9 rings (SSSR count). The minimum atomic E-state index is 0.267. The van der Waals surface area contributed by atoms with Crippen molar-refractivity contribution >= 4 is 49.6 Å². The summed E-state index contributed by atoms with van der Waals surface area (Å²) in [6.45, 7) is 5.00. The van der Waals surface area contributed by atoms with Gasteiger partial charge < -0.3 is 9.47 Å². The molecule has 2 atom stereocenters. The van der Waals surface area contributed by atoms with Gasteiger partial charge in [-0.1, -0.05) is 98.8 Å². The molecule has 0 aliphatic heterocycles. The zero-order valence-corrected chi connectivity index (χ0v) is 27.4. The van der Waals surface area contributed by atoms with Crippen molar-refractivity contribution in [2.24, 2.45) is 17.8 Å². The van der Waals surface area contributed by atoms with E-state index in [9.17, 15) is 0 Å². The lowest BCUT2D eigenvalue weighted by Crippen LogP contribution is -2.38. The molecule has 0 saturated heterocycles. The quantitative estimate of drug-likeness (QED) is 0.188. The van der Waals surface area contributed by atoms with Gasteiger partial charge in [0.15, 0.2) is 0 Å². The molecule has 0 N–H and O–H groups in total. The smallest absolute Gasteiger partial charge is 0.0620 e. The van der Waals surface area contributed by atoms with E-state index in [4.69, 9.17) is 0 Å². The monoisotopic (exact) mass is 610 g/mol. The molecule has 2 aliphatic rings. The number of fused-ring (bicyclic) bond motifs is 7. The van der Waals surface area contributed by atoms with Crippen LogP contribution >= 0.6 is 0 Å². The maximum absolute atomic E-state index is 2.53. The summed E-state index contributed by atoms with van der Waals surface area (Å²) in [7, 11) is 0. The van der Waals surface area contributed by atoms with Gasteiger partial charge >= 0.3 is 0 Å². The maximum Gasteiger partial charge on any atom is 0.0620 e. The van der Waals surface area contributed by atoms with Gasteiger partial charge in [0.2, 0.25) is 0 Å². The standard InChI is InChI=1S/C45H42N2/c1-31-25-32-27-33(26-31)30-45(2,29-32)35-19-22-38(23-20-35)46(36-11-5-3-6-12-36)39-21-17-34-18-24-41-40-15-9-10-16-43(40)47(44(41)42(34)28-39)37-13-7-4-8-14-37/h3-24,28,31-33H,25-27,29-30H2,1-2H3. The van der Waals surface area contributed by atoms with Crippen LogP contribution in [0.15, 0.2) is 140 Å². The van der Waals surface area contributed by atoms with Crippen LogP contribution in [0.1, 0.15) is 51.5 Å². The fraction of sp³-hybridized carbons (Fsp3) is 0.244. The molecule has 1 aromatic heterocycles. The Balaban J connectivity index is 1.19. The van der Waals surface area contributed by atoms with Crippen molar-refractivity contribution in [1.82, 2.24) is 4.57 Å². The van der Waals surface area contributed by atoms with E-state index in [0.717, 1.165) is 17.8 Å². The largest absolute Gasteiger partial charge is 0.310 e. The van der Waals surface area contributed by atoms with Crippen molar-refractivity contribution in [3.8, 4) is 5.69 Å². The number of rotatable bonds is 5. The predicted octanol–water partition coefficient (Wildman–Crippen LogP) is 12.5. The van der Waals surface area contributed by atoms with Crippen LogP contribution in [0.2, 0.25) is 0 Å². The third kappa shape index (κ3) is 4.85. The van der Waals surface area contributed by atoms with Crippen LogP contribution in [0.4, 0.5) is 17.1 Å². The highest BCUT2D eigenvalue weighted by molar-refractivity contribution is 6.19. The normalized spacial score (nSPS) is 22.6. The number of hydrogen-bond acceptors (Lipinski definition) is 1.